The molecule has 0 unspecified atom stereocenters. The van der Waals surface area contributed by atoms with Crippen LogP contribution in [-0.2, 0) is 6.54 Å². The zero-order chi connectivity index (χ0) is 15.4. The highest BCUT2D eigenvalue weighted by molar-refractivity contribution is 7.98. The molecule has 2 nitrogen and oxygen atoms in total. The van der Waals surface area contributed by atoms with Crippen molar-refractivity contribution in [3.05, 3.63) is 63.7 Å². The number of rotatable bonds is 4. The van der Waals surface area contributed by atoms with E-state index in [1.165, 1.54) is 11.1 Å². The van der Waals surface area contributed by atoms with E-state index in [-0.39, 0.29) is 5.91 Å². The first kappa shape index (κ1) is 15.9. The maximum absolute atomic E-state index is 12.3. The van der Waals surface area contributed by atoms with E-state index in [0.717, 1.165) is 10.5 Å². The van der Waals surface area contributed by atoms with Gasteiger partial charge < -0.3 is 5.32 Å². The van der Waals surface area contributed by atoms with Crippen LogP contribution in [0.5, 0.6) is 0 Å². The van der Waals surface area contributed by atoms with Crippen LogP contribution in [0, 0.1) is 13.8 Å². The standard InChI is InChI=1S/C17H18ClNOS/c1-11-4-5-13(12(2)8-11)10-19-17(20)15-9-14(21-3)6-7-16(15)18/h4-9H,10H2,1-3H3,(H,19,20). The van der Waals surface area contributed by atoms with Crippen LogP contribution in [0.15, 0.2) is 41.3 Å². The monoisotopic (exact) mass is 319 g/mol. The third kappa shape index (κ3) is 4.02. The van der Waals surface area contributed by atoms with Gasteiger partial charge in [0.2, 0.25) is 0 Å². The largest absolute Gasteiger partial charge is 0.348 e. The van der Waals surface area contributed by atoms with Crippen LogP contribution >= 0.6 is 23.4 Å². The molecular formula is C17H18ClNOS. The van der Waals surface area contributed by atoms with Crippen molar-refractivity contribution in [3.63, 3.8) is 0 Å². The maximum Gasteiger partial charge on any atom is 0.253 e. The molecule has 1 amide bonds. The molecule has 0 bridgehead atoms. The molecule has 0 saturated carbocycles. The molecule has 0 saturated heterocycles. The number of benzene rings is 2. The normalized spacial score (nSPS) is 10.5. The van der Waals surface area contributed by atoms with Gasteiger partial charge in [0.05, 0.1) is 10.6 Å². The smallest absolute Gasteiger partial charge is 0.253 e. The molecule has 0 aliphatic heterocycles. The summed E-state index contributed by atoms with van der Waals surface area (Å²) in [5.74, 6) is -0.143. The van der Waals surface area contributed by atoms with Crippen molar-refractivity contribution in [2.45, 2.75) is 25.3 Å². The lowest BCUT2D eigenvalue weighted by atomic mass is 10.1. The molecule has 21 heavy (non-hydrogen) atoms. The summed E-state index contributed by atoms with van der Waals surface area (Å²) in [4.78, 5) is 13.3. The van der Waals surface area contributed by atoms with Crippen molar-refractivity contribution in [1.29, 1.82) is 0 Å². The third-order valence-corrected chi connectivity index (χ3v) is 4.41. The number of halogens is 1. The van der Waals surface area contributed by atoms with Gasteiger partial charge in [0.25, 0.3) is 5.91 Å². The molecular weight excluding hydrogens is 302 g/mol. The molecule has 2 aromatic rings. The summed E-state index contributed by atoms with van der Waals surface area (Å²) in [5, 5.41) is 3.41. The first-order valence-corrected chi connectivity index (χ1v) is 8.29. The molecule has 4 heteroatoms. The number of carbonyl (C=O) groups is 1. The minimum absolute atomic E-state index is 0.143. The number of carbonyl (C=O) groups excluding carboxylic acids is 1. The van der Waals surface area contributed by atoms with Gasteiger partial charge in [-0.3, -0.25) is 4.79 Å². The zero-order valence-electron chi connectivity index (χ0n) is 12.4. The zero-order valence-corrected chi connectivity index (χ0v) is 13.9. The lowest BCUT2D eigenvalue weighted by molar-refractivity contribution is 0.0951. The minimum Gasteiger partial charge on any atom is -0.348 e. The lowest BCUT2D eigenvalue weighted by Gasteiger charge is -2.10. The summed E-state index contributed by atoms with van der Waals surface area (Å²) in [5.41, 5.74) is 4.04. The Morgan fingerprint density at radius 1 is 1.19 bits per heavy atom. The number of hydrogen-bond donors (Lipinski definition) is 1. The van der Waals surface area contributed by atoms with Gasteiger partial charge in [-0.2, -0.15) is 0 Å². The van der Waals surface area contributed by atoms with Crippen molar-refractivity contribution >= 4 is 29.3 Å². The Labute approximate surface area is 134 Å². The number of hydrogen-bond acceptors (Lipinski definition) is 2. The average Bonchev–Trinajstić information content (AvgIpc) is 2.46. The second kappa shape index (κ2) is 7.01. The van der Waals surface area contributed by atoms with Crippen molar-refractivity contribution in [3.8, 4) is 0 Å². The minimum atomic E-state index is -0.143. The predicted octanol–water partition coefficient (Wildman–Crippen LogP) is 4.61. The van der Waals surface area contributed by atoms with Gasteiger partial charge in [-0.15, -0.1) is 11.8 Å². The van der Waals surface area contributed by atoms with Gasteiger partial charge >= 0.3 is 0 Å². The molecule has 110 valence electrons. The molecule has 1 N–H and O–H groups in total. The Bertz CT molecular complexity index is 670. The molecule has 2 rings (SSSR count). The Morgan fingerprint density at radius 2 is 1.95 bits per heavy atom. The van der Waals surface area contributed by atoms with E-state index in [4.69, 9.17) is 11.6 Å². The summed E-state index contributed by atoms with van der Waals surface area (Å²) in [7, 11) is 0. The Kier molecular flexibility index (Phi) is 5.32. The predicted molar refractivity (Wildman–Crippen MR) is 90.3 cm³/mol. The molecule has 0 aliphatic carbocycles. The SMILES string of the molecule is CSc1ccc(Cl)c(C(=O)NCc2ccc(C)cc2C)c1. The van der Waals surface area contributed by atoms with E-state index in [9.17, 15) is 4.79 Å². The molecule has 0 heterocycles. The van der Waals surface area contributed by atoms with Crippen molar-refractivity contribution in [2.24, 2.45) is 0 Å². The van der Waals surface area contributed by atoms with E-state index in [1.807, 2.05) is 24.5 Å². The number of nitrogens with one attached hydrogen (secondary N) is 1. The fourth-order valence-corrected chi connectivity index (χ4v) is 2.76. The van der Waals surface area contributed by atoms with Crippen molar-refractivity contribution in [2.75, 3.05) is 6.26 Å². The average molecular weight is 320 g/mol. The third-order valence-electron chi connectivity index (χ3n) is 3.36. The first-order chi connectivity index (χ1) is 10.0. The molecule has 0 radical (unpaired) electrons. The van der Waals surface area contributed by atoms with E-state index >= 15 is 0 Å². The van der Waals surface area contributed by atoms with Gasteiger partial charge in [-0.1, -0.05) is 35.4 Å². The molecule has 0 spiro atoms. The summed E-state index contributed by atoms with van der Waals surface area (Å²) < 4.78 is 0. The van der Waals surface area contributed by atoms with E-state index in [1.54, 1.807) is 17.8 Å². The second-order valence-electron chi connectivity index (χ2n) is 4.96. The van der Waals surface area contributed by atoms with E-state index in [2.05, 4.69) is 31.3 Å². The Balaban J connectivity index is 2.11. The van der Waals surface area contributed by atoms with Crippen molar-refractivity contribution in [1.82, 2.24) is 5.32 Å². The highest BCUT2D eigenvalue weighted by atomic mass is 35.5. The fourth-order valence-electron chi connectivity index (χ4n) is 2.12. The second-order valence-corrected chi connectivity index (χ2v) is 6.25. The van der Waals surface area contributed by atoms with E-state index in [0.29, 0.717) is 17.1 Å². The van der Waals surface area contributed by atoms with Crippen LogP contribution in [0.25, 0.3) is 0 Å². The quantitative estimate of drug-likeness (QED) is 0.834. The Hall–Kier alpha value is -1.45. The van der Waals surface area contributed by atoms with Crippen LogP contribution in [0.3, 0.4) is 0 Å². The molecule has 0 atom stereocenters. The van der Waals surface area contributed by atoms with E-state index < -0.39 is 0 Å². The Morgan fingerprint density at radius 3 is 2.62 bits per heavy atom. The number of amides is 1. The lowest BCUT2D eigenvalue weighted by Crippen LogP contribution is -2.23. The van der Waals surface area contributed by atoms with Crippen LogP contribution < -0.4 is 5.32 Å². The van der Waals surface area contributed by atoms with Gasteiger partial charge in [0, 0.05) is 11.4 Å². The summed E-state index contributed by atoms with van der Waals surface area (Å²) in [6.45, 7) is 4.61. The first-order valence-electron chi connectivity index (χ1n) is 6.69. The molecule has 2 aromatic carbocycles. The number of aryl methyl sites for hydroxylation is 2. The number of thioether (sulfide) groups is 1. The van der Waals surface area contributed by atoms with Gasteiger partial charge in [-0.05, 0) is 49.4 Å². The van der Waals surface area contributed by atoms with Crippen LogP contribution in [0.1, 0.15) is 27.0 Å². The molecule has 0 aliphatic rings. The van der Waals surface area contributed by atoms with Crippen LogP contribution in [-0.4, -0.2) is 12.2 Å². The van der Waals surface area contributed by atoms with Gasteiger partial charge in [0.15, 0.2) is 0 Å². The topological polar surface area (TPSA) is 29.1 Å². The van der Waals surface area contributed by atoms with Crippen LogP contribution in [0.4, 0.5) is 0 Å². The van der Waals surface area contributed by atoms with Crippen LogP contribution in [0.2, 0.25) is 5.02 Å². The molecule has 0 aromatic heterocycles. The maximum atomic E-state index is 12.3. The summed E-state index contributed by atoms with van der Waals surface area (Å²) in [6, 6.07) is 11.7. The van der Waals surface area contributed by atoms with Crippen molar-refractivity contribution < 1.29 is 4.79 Å². The van der Waals surface area contributed by atoms with Gasteiger partial charge in [-0.25, -0.2) is 0 Å². The highest BCUT2D eigenvalue weighted by Crippen LogP contribution is 2.23. The summed E-state index contributed by atoms with van der Waals surface area (Å²) >= 11 is 7.70. The summed E-state index contributed by atoms with van der Waals surface area (Å²) in [6.07, 6.45) is 1.97. The fraction of sp³-hybridized carbons (Fsp3) is 0.235. The van der Waals surface area contributed by atoms with Gasteiger partial charge in [0.1, 0.15) is 0 Å². The highest BCUT2D eigenvalue weighted by Gasteiger charge is 2.11. The molecule has 0 fully saturated rings.